The molecule has 0 aromatic heterocycles. The highest BCUT2D eigenvalue weighted by Gasteiger charge is 2.30. The predicted molar refractivity (Wildman–Crippen MR) is 128 cm³/mol. The van der Waals surface area contributed by atoms with E-state index in [0.717, 1.165) is 42.6 Å². The van der Waals surface area contributed by atoms with Crippen LogP contribution in [0, 0.1) is 27.7 Å². The number of carbonyl (C=O) groups is 2. The molecular formula is C23H28Br2N2O2. The lowest BCUT2D eigenvalue weighted by atomic mass is 9.73. The number of anilines is 2. The van der Waals surface area contributed by atoms with Gasteiger partial charge in [-0.2, -0.15) is 0 Å². The molecule has 0 heterocycles. The first-order valence-electron chi connectivity index (χ1n) is 9.44. The van der Waals surface area contributed by atoms with Crippen LogP contribution < -0.4 is 10.6 Å². The number of hydrogen-bond acceptors (Lipinski definition) is 2. The average Bonchev–Trinajstić information content (AvgIpc) is 2.61. The van der Waals surface area contributed by atoms with Gasteiger partial charge in [0.05, 0.1) is 11.4 Å². The second kappa shape index (κ2) is 8.60. The van der Waals surface area contributed by atoms with Crippen LogP contribution in [0.4, 0.5) is 11.4 Å². The summed E-state index contributed by atoms with van der Waals surface area (Å²) in [5, 5.41) is 5.84. The summed E-state index contributed by atoms with van der Waals surface area (Å²) < 4.78 is 1.80. The zero-order valence-corrected chi connectivity index (χ0v) is 21.4. The number of halogens is 2. The molecule has 2 N–H and O–H groups in total. The number of hydrogen-bond donors (Lipinski definition) is 2. The second-order valence-corrected chi connectivity index (χ2v) is 9.68. The molecule has 0 radical (unpaired) electrons. The van der Waals surface area contributed by atoms with E-state index in [4.69, 9.17) is 0 Å². The van der Waals surface area contributed by atoms with Crippen LogP contribution in [0.15, 0.2) is 21.1 Å². The number of benzene rings is 2. The SMILES string of the molecule is CC(=O)Nc1c(C)cc(C(C)(C)c2cc(C)c(NC(C)=O)c(Br)c2C)c(C)c1Br. The molecule has 0 atom stereocenters. The van der Waals surface area contributed by atoms with Gasteiger partial charge < -0.3 is 10.6 Å². The van der Waals surface area contributed by atoms with Crippen molar-refractivity contribution in [3.63, 3.8) is 0 Å². The van der Waals surface area contributed by atoms with Gasteiger partial charge in [-0.1, -0.05) is 26.0 Å². The molecule has 0 aliphatic carbocycles. The van der Waals surface area contributed by atoms with Crippen LogP contribution in [-0.2, 0) is 15.0 Å². The molecule has 0 aliphatic heterocycles. The van der Waals surface area contributed by atoms with E-state index >= 15 is 0 Å². The van der Waals surface area contributed by atoms with Crippen molar-refractivity contribution >= 4 is 55.0 Å². The molecule has 2 amide bonds. The monoisotopic (exact) mass is 522 g/mol. The summed E-state index contributed by atoms with van der Waals surface area (Å²) in [5.74, 6) is -0.187. The largest absolute Gasteiger partial charge is 0.325 e. The average molecular weight is 524 g/mol. The molecule has 2 aromatic carbocycles. The van der Waals surface area contributed by atoms with Gasteiger partial charge in [0.2, 0.25) is 11.8 Å². The van der Waals surface area contributed by atoms with E-state index in [1.54, 1.807) is 0 Å². The fourth-order valence-corrected chi connectivity index (χ4v) is 5.10. The van der Waals surface area contributed by atoms with Gasteiger partial charge in [-0.15, -0.1) is 0 Å². The minimum atomic E-state index is -0.293. The Labute approximate surface area is 190 Å². The Morgan fingerprint density at radius 3 is 1.34 bits per heavy atom. The molecule has 156 valence electrons. The van der Waals surface area contributed by atoms with E-state index in [1.165, 1.54) is 25.0 Å². The van der Waals surface area contributed by atoms with Crippen molar-refractivity contribution in [2.24, 2.45) is 0 Å². The van der Waals surface area contributed by atoms with Gasteiger partial charge in [-0.05, 0) is 92.9 Å². The lowest BCUT2D eigenvalue weighted by Gasteiger charge is -2.32. The molecule has 2 aromatic rings. The normalized spacial score (nSPS) is 11.4. The number of carbonyl (C=O) groups excluding carboxylic acids is 2. The summed E-state index contributed by atoms with van der Waals surface area (Å²) in [4.78, 5) is 23.2. The molecular weight excluding hydrogens is 496 g/mol. The number of rotatable bonds is 4. The Morgan fingerprint density at radius 1 is 0.759 bits per heavy atom. The molecule has 29 heavy (non-hydrogen) atoms. The van der Waals surface area contributed by atoms with Crippen molar-refractivity contribution in [3.05, 3.63) is 54.5 Å². The van der Waals surface area contributed by atoms with Gasteiger partial charge in [0.25, 0.3) is 0 Å². The van der Waals surface area contributed by atoms with Gasteiger partial charge in [-0.3, -0.25) is 9.59 Å². The van der Waals surface area contributed by atoms with Crippen LogP contribution in [0.25, 0.3) is 0 Å². The zero-order valence-electron chi connectivity index (χ0n) is 18.2. The van der Waals surface area contributed by atoms with Gasteiger partial charge in [0.1, 0.15) is 0 Å². The smallest absolute Gasteiger partial charge is 0.221 e. The fourth-order valence-electron chi connectivity index (χ4n) is 3.85. The quantitative estimate of drug-likeness (QED) is 0.469. The number of nitrogens with one attached hydrogen (secondary N) is 2. The molecule has 0 saturated carbocycles. The first kappa shape index (κ1) is 23.6. The second-order valence-electron chi connectivity index (χ2n) is 8.10. The van der Waals surface area contributed by atoms with Gasteiger partial charge in [0.15, 0.2) is 0 Å². The highest BCUT2D eigenvalue weighted by atomic mass is 79.9. The first-order valence-corrected chi connectivity index (χ1v) is 11.0. The molecule has 0 aliphatic rings. The van der Waals surface area contributed by atoms with Gasteiger partial charge in [0, 0.05) is 28.2 Å². The summed E-state index contributed by atoms with van der Waals surface area (Å²) in [7, 11) is 0. The summed E-state index contributed by atoms with van der Waals surface area (Å²) in [6.45, 7) is 15.6. The van der Waals surface area contributed by atoms with Crippen LogP contribution in [0.1, 0.15) is 61.1 Å². The van der Waals surface area contributed by atoms with Crippen molar-refractivity contribution < 1.29 is 9.59 Å². The van der Waals surface area contributed by atoms with Crippen molar-refractivity contribution in [2.75, 3.05) is 10.6 Å². The summed E-state index contributed by atoms with van der Waals surface area (Å²) >= 11 is 7.38. The Balaban J connectivity index is 2.71. The standard InChI is InChI=1S/C23H28Br2N2O2/c1-11-9-17(13(3)19(24)21(11)26-15(5)28)23(7,8)18-10-12(2)22(27-16(6)29)20(25)14(18)4/h9-10H,1-8H3,(H,26,28)(H,27,29). The van der Waals surface area contributed by atoms with Crippen molar-refractivity contribution in [2.45, 2.75) is 60.8 Å². The van der Waals surface area contributed by atoms with Crippen LogP contribution >= 0.6 is 31.9 Å². The minimum absolute atomic E-state index is 0.0934. The molecule has 4 nitrogen and oxygen atoms in total. The fraction of sp³-hybridized carbons (Fsp3) is 0.391. The highest BCUT2D eigenvalue weighted by molar-refractivity contribution is 9.11. The Kier molecular flexibility index (Phi) is 7.01. The van der Waals surface area contributed by atoms with E-state index in [-0.39, 0.29) is 17.2 Å². The molecule has 0 saturated heterocycles. The summed E-state index contributed by atoms with van der Waals surface area (Å²) in [6.07, 6.45) is 0. The Bertz CT molecular complexity index is 931. The van der Waals surface area contributed by atoms with Gasteiger partial charge >= 0.3 is 0 Å². The van der Waals surface area contributed by atoms with Crippen molar-refractivity contribution in [1.29, 1.82) is 0 Å². The van der Waals surface area contributed by atoms with E-state index in [2.05, 4.69) is 82.3 Å². The first-order chi connectivity index (χ1) is 13.3. The molecule has 0 fully saturated rings. The molecule has 0 unspecified atom stereocenters. The maximum absolute atomic E-state index is 11.6. The summed E-state index contributed by atoms with van der Waals surface area (Å²) in [5.41, 5.74) is 7.86. The topological polar surface area (TPSA) is 58.2 Å². The van der Waals surface area contributed by atoms with E-state index in [1.807, 2.05) is 13.8 Å². The third kappa shape index (κ3) is 4.58. The third-order valence-corrected chi connectivity index (χ3v) is 7.35. The van der Waals surface area contributed by atoms with Crippen LogP contribution in [0.5, 0.6) is 0 Å². The van der Waals surface area contributed by atoms with E-state index in [0.29, 0.717) is 0 Å². The predicted octanol–water partition coefficient (Wildman–Crippen LogP) is 6.69. The lowest BCUT2D eigenvalue weighted by molar-refractivity contribution is -0.115. The molecule has 2 rings (SSSR count). The highest BCUT2D eigenvalue weighted by Crippen LogP contribution is 2.44. The summed E-state index contributed by atoms with van der Waals surface area (Å²) in [6, 6.07) is 4.30. The lowest BCUT2D eigenvalue weighted by Crippen LogP contribution is -2.24. The van der Waals surface area contributed by atoms with Crippen LogP contribution in [-0.4, -0.2) is 11.8 Å². The zero-order chi connectivity index (χ0) is 22.3. The molecule has 6 heteroatoms. The maximum atomic E-state index is 11.6. The van der Waals surface area contributed by atoms with Crippen molar-refractivity contribution in [1.82, 2.24) is 0 Å². The Hall–Kier alpha value is -1.66. The van der Waals surface area contributed by atoms with E-state index in [9.17, 15) is 9.59 Å². The maximum Gasteiger partial charge on any atom is 0.221 e. The van der Waals surface area contributed by atoms with Crippen molar-refractivity contribution in [3.8, 4) is 0 Å². The van der Waals surface area contributed by atoms with Crippen LogP contribution in [0.3, 0.4) is 0 Å². The minimum Gasteiger partial charge on any atom is -0.325 e. The third-order valence-electron chi connectivity index (χ3n) is 5.36. The molecule has 0 spiro atoms. The van der Waals surface area contributed by atoms with Gasteiger partial charge in [-0.25, -0.2) is 0 Å². The van der Waals surface area contributed by atoms with Crippen LogP contribution in [0.2, 0.25) is 0 Å². The van der Waals surface area contributed by atoms with E-state index < -0.39 is 0 Å². The number of amides is 2. The number of aryl methyl sites for hydroxylation is 2. The molecule has 0 bridgehead atoms. The Morgan fingerprint density at radius 2 is 1.07 bits per heavy atom.